The van der Waals surface area contributed by atoms with Gasteiger partial charge in [-0.1, -0.05) is 35.9 Å². The van der Waals surface area contributed by atoms with E-state index in [-0.39, 0.29) is 6.04 Å². The first kappa shape index (κ1) is 14.1. The molecule has 2 N–H and O–H groups in total. The number of nitrogens with two attached hydrogens (primary N) is 1. The van der Waals surface area contributed by atoms with Gasteiger partial charge in [0.1, 0.15) is 12.4 Å². The van der Waals surface area contributed by atoms with Crippen LogP contribution in [0, 0.1) is 6.92 Å². The largest absolute Gasteiger partial charge is 0.489 e. The summed E-state index contributed by atoms with van der Waals surface area (Å²) in [5, 5.41) is 3.45. The van der Waals surface area contributed by atoms with Crippen LogP contribution in [0.25, 0.3) is 10.1 Å². The Balaban J connectivity index is 1.85. The molecule has 0 fully saturated rings. The lowest BCUT2D eigenvalue weighted by molar-refractivity contribution is 0.303. The van der Waals surface area contributed by atoms with Crippen LogP contribution in [0.4, 0.5) is 0 Å². The number of thiophene rings is 1. The zero-order valence-electron chi connectivity index (χ0n) is 12.3. The van der Waals surface area contributed by atoms with Gasteiger partial charge in [0.25, 0.3) is 0 Å². The molecule has 3 heteroatoms. The van der Waals surface area contributed by atoms with Gasteiger partial charge in [-0.2, -0.15) is 0 Å². The molecule has 21 heavy (non-hydrogen) atoms. The van der Waals surface area contributed by atoms with Crippen LogP contribution in [0.1, 0.15) is 29.7 Å². The number of fused-ring (bicyclic) bond motifs is 1. The second-order valence-corrected chi connectivity index (χ2v) is 6.29. The number of hydrogen-bond donors (Lipinski definition) is 1. The molecule has 0 amide bonds. The fraction of sp³-hybridized carbons (Fsp3) is 0.222. The van der Waals surface area contributed by atoms with Crippen molar-refractivity contribution < 1.29 is 4.74 Å². The van der Waals surface area contributed by atoms with Crippen LogP contribution in [-0.4, -0.2) is 0 Å². The van der Waals surface area contributed by atoms with E-state index in [2.05, 4.69) is 48.7 Å². The zero-order chi connectivity index (χ0) is 14.8. The van der Waals surface area contributed by atoms with Gasteiger partial charge in [0.2, 0.25) is 0 Å². The van der Waals surface area contributed by atoms with Crippen LogP contribution < -0.4 is 10.5 Å². The highest BCUT2D eigenvalue weighted by Gasteiger charge is 2.10. The van der Waals surface area contributed by atoms with Gasteiger partial charge in [-0.3, -0.25) is 0 Å². The molecule has 108 valence electrons. The van der Waals surface area contributed by atoms with Gasteiger partial charge >= 0.3 is 0 Å². The van der Waals surface area contributed by atoms with Gasteiger partial charge in [-0.25, -0.2) is 0 Å². The summed E-state index contributed by atoms with van der Waals surface area (Å²) in [5.74, 6) is 0.880. The molecule has 0 aliphatic carbocycles. The Morgan fingerprint density at radius 2 is 2.00 bits per heavy atom. The third-order valence-electron chi connectivity index (χ3n) is 3.60. The average molecular weight is 297 g/mol. The minimum Gasteiger partial charge on any atom is -0.489 e. The molecule has 0 saturated heterocycles. The van der Waals surface area contributed by atoms with Crippen molar-refractivity contribution in [3.8, 4) is 5.75 Å². The second kappa shape index (κ2) is 5.88. The van der Waals surface area contributed by atoms with Crippen molar-refractivity contribution in [2.75, 3.05) is 0 Å². The molecule has 1 aromatic heterocycles. The lowest BCUT2D eigenvalue weighted by Crippen LogP contribution is -2.08. The topological polar surface area (TPSA) is 35.2 Å². The highest BCUT2D eigenvalue weighted by molar-refractivity contribution is 7.17. The summed E-state index contributed by atoms with van der Waals surface area (Å²) in [6.45, 7) is 4.64. The van der Waals surface area contributed by atoms with E-state index in [1.54, 1.807) is 11.3 Å². The van der Waals surface area contributed by atoms with Crippen LogP contribution in [0.5, 0.6) is 5.75 Å². The first-order valence-electron chi connectivity index (χ1n) is 7.09. The van der Waals surface area contributed by atoms with Crippen molar-refractivity contribution in [3.63, 3.8) is 0 Å². The molecule has 2 aromatic carbocycles. The molecule has 0 unspecified atom stereocenters. The van der Waals surface area contributed by atoms with Gasteiger partial charge in [0.05, 0.1) is 0 Å². The summed E-state index contributed by atoms with van der Waals surface area (Å²) in [6, 6.07) is 14.6. The van der Waals surface area contributed by atoms with Gasteiger partial charge in [0.15, 0.2) is 0 Å². The monoisotopic (exact) mass is 297 g/mol. The molecule has 1 atom stereocenters. The lowest BCUT2D eigenvalue weighted by atomic mass is 10.1. The van der Waals surface area contributed by atoms with E-state index < -0.39 is 0 Å². The molecular weight excluding hydrogens is 278 g/mol. The predicted octanol–water partition coefficient (Wildman–Crippen LogP) is 4.81. The number of hydrogen-bond acceptors (Lipinski definition) is 3. The molecule has 0 aliphatic rings. The molecular formula is C18H19NOS. The van der Waals surface area contributed by atoms with Crippen molar-refractivity contribution in [1.29, 1.82) is 0 Å². The van der Waals surface area contributed by atoms with Crippen LogP contribution in [0.2, 0.25) is 0 Å². The standard InChI is InChI=1S/C18H19NOS/c1-12-7-8-17(16(9-12)13(2)19)20-10-14-11-21-18-6-4-3-5-15(14)18/h3-9,11,13H,10,19H2,1-2H3/t13-/m1/s1. The summed E-state index contributed by atoms with van der Waals surface area (Å²) >= 11 is 1.76. The quantitative estimate of drug-likeness (QED) is 0.750. The maximum absolute atomic E-state index is 6.04. The molecule has 3 aromatic rings. The second-order valence-electron chi connectivity index (χ2n) is 5.38. The van der Waals surface area contributed by atoms with E-state index >= 15 is 0 Å². The van der Waals surface area contributed by atoms with Crippen molar-refractivity contribution >= 4 is 21.4 Å². The minimum absolute atomic E-state index is 0.0286. The molecule has 0 aliphatic heterocycles. The summed E-state index contributed by atoms with van der Waals surface area (Å²) in [4.78, 5) is 0. The van der Waals surface area contributed by atoms with Gasteiger partial charge in [-0.05, 0) is 36.7 Å². The molecule has 0 spiro atoms. The maximum Gasteiger partial charge on any atom is 0.124 e. The number of benzene rings is 2. The fourth-order valence-electron chi connectivity index (χ4n) is 2.46. The van der Waals surface area contributed by atoms with E-state index in [4.69, 9.17) is 10.5 Å². The molecule has 2 nitrogen and oxygen atoms in total. The Morgan fingerprint density at radius 3 is 2.81 bits per heavy atom. The van der Waals surface area contributed by atoms with Crippen LogP contribution >= 0.6 is 11.3 Å². The van der Waals surface area contributed by atoms with Crippen LogP contribution in [0.15, 0.2) is 47.8 Å². The smallest absolute Gasteiger partial charge is 0.124 e. The first-order valence-corrected chi connectivity index (χ1v) is 7.97. The third-order valence-corrected chi connectivity index (χ3v) is 4.61. The number of ether oxygens (including phenoxy) is 1. The Morgan fingerprint density at radius 1 is 1.19 bits per heavy atom. The summed E-state index contributed by atoms with van der Waals surface area (Å²) < 4.78 is 7.33. The molecule has 1 heterocycles. The van der Waals surface area contributed by atoms with Gasteiger partial charge in [-0.15, -0.1) is 11.3 Å². The Bertz CT molecular complexity index is 761. The highest BCUT2D eigenvalue weighted by Crippen LogP contribution is 2.29. The molecule has 0 saturated carbocycles. The molecule has 0 radical (unpaired) electrons. The van der Waals surface area contributed by atoms with Crippen molar-refractivity contribution in [2.24, 2.45) is 5.73 Å². The SMILES string of the molecule is Cc1ccc(OCc2csc3ccccc23)c([C@@H](C)N)c1. The van der Waals surface area contributed by atoms with Crippen LogP contribution in [0.3, 0.4) is 0 Å². The Labute approximate surface area is 129 Å². The number of aryl methyl sites for hydroxylation is 1. The molecule has 0 bridgehead atoms. The van der Waals surface area contributed by atoms with Crippen LogP contribution in [-0.2, 0) is 6.61 Å². The normalized spacial score (nSPS) is 12.5. The lowest BCUT2D eigenvalue weighted by Gasteiger charge is -2.14. The zero-order valence-corrected chi connectivity index (χ0v) is 13.1. The van der Waals surface area contributed by atoms with E-state index in [0.29, 0.717) is 6.61 Å². The Hall–Kier alpha value is -1.84. The predicted molar refractivity (Wildman–Crippen MR) is 89.9 cm³/mol. The Kier molecular flexibility index (Phi) is 3.95. The summed E-state index contributed by atoms with van der Waals surface area (Å²) in [7, 11) is 0. The van der Waals surface area contributed by atoms with E-state index in [1.165, 1.54) is 21.2 Å². The van der Waals surface area contributed by atoms with Crippen molar-refractivity contribution in [2.45, 2.75) is 26.5 Å². The summed E-state index contributed by atoms with van der Waals surface area (Å²) in [6.07, 6.45) is 0. The maximum atomic E-state index is 6.04. The first-order chi connectivity index (χ1) is 10.1. The highest BCUT2D eigenvalue weighted by atomic mass is 32.1. The van der Waals surface area contributed by atoms with Crippen molar-refractivity contribution in [3.05, 3.63) is 64.5 Å². The third kappa shape index (κ3) is 2.94. The summed E-state index contributed by atoms with van der Waals surface area (Å²) in [5.41, 5.74) is 9.54. The van der Waals surface area contributed by atoms with E-state index in [9.17, 15) is 0 Å². The molecule has 3 rings (SSSR count). The minimum atomic E-state index is -0.0286. The van der Waals surface area contributed by atoms with E-state index in [0.717, 1.165) is 11.3 Å². The van der Waals surface area contributed by atoms with Crippen molar-refractivity contribution in [1.82, 2.24) is 0 Å². The van der Waals surface area contributed by atoms with Gasteiger partial charge < -0.3 is 10.5 Å². The van der Waals surface area contributed by atoms with Gasteiger partial charge in [0, 0.05) is 21.9 Å². The number of rotatable bonds is 4. The fourth-order valence-corrected chi connectivity index (χ4v) is 3.40. The average Bonchev–Trinajstić information content (AvgIpc) is 2.89. The van der Waals surface area contributed by atoms with E-state index in [1.807, 2.05) is 13.0 Å².